The quantitative estimate of drug-likeness (QED) is 0.558. The zero-order valence-electron chi connectivity index (χ0n) is 10.2. The Balaban J connectivity index is 2.13. The molecule has 1 rings (SSSR count). The van der Waals surface area contributed by atoms with Crippen molar-refractivity contribution in [1.82, 2.24) is 10.2 Å². The second kappa shape index (κ2) is 5.25. The zero-order valence-corrected chi connectivity index (χ0v) is 10.2. The maximum Gasteiger partial charge on any atom is 0.253 e. The van der Waals surface area contributed by atoms with Crippen LogP contribution < -0.4 is 5.32 Å². The molecule has 90 valence electrons. The molecule has 0 aromatic rings. The summed E-state index contributed by atoms with van der Waals surface area (Å²) in [5.41, 5.74) is 0.313. The van der Waals surface area contributed by atoms with Gasteiger partial charge in [0.25, 0.3) is 11.8 Å². The summed E-state index contributed by atoms with van der Waals surface area (Å²) in [5.74, 6) is -0.412. The van der Waals surface area contributed by atoms with Gasteiger partial charge in [0, 0.05) is 25.2 Å². The lowest BCUT2D eigenvalue weighted by atomic mass is 9.92. The Bertz CT molecular complexity index is 285. The van der Waals surface area contributed by atoms with Gasteiger partial charge in [0.05, 0.1) is 0 Å². The van der Waals surface area contributed by atoms with Crippen LogP contribution in [-0.4, -0.2) is 36.3 Å². The molecule has 16 heavy (non-hydrogen) atoms. The summed E-state index contributed by atoms with van der Waals surface area (Å²) in [5, 5.41) is 3.24. The number of carbonyl (C=O) groups excluding carboxylic acids is 2. The Morgan fingerprint density at radius 1 is 1.12 bits per heavy atom. The molecule has 1 heterocycles. The van der Waals surface area contributed by atoms with E-state index < -0.39 is 0 Å². The van der Waals surface area contributed by atoms with Crippen LogP contribution in [0.1, 0.15) is 27.2 Å². The fourth-order valence-electron chi connectivity index (χ4n) is 1.43. The molecular formula is C12H20N2O2. The zero-order chi connectivity index (χ0) is 12.2. The molecule has 2 amide bonds. The average Bonchev–Trinajstić information content (AvgIpc) is 2.46. The summed E-state index contributed by atoms with van der Waals surface area (Å²) in [6.45, 7) is 8.58. The van der Waals surface area contributed by atoms with Gasteiger partial charge in [-0.05, 0) is 18.4 Å². The monoisotopic (exact) mass is 224 g/mol. The molecule has 0 aromatic carbocycles. The number of rotatable bonds is 5. The van der Waals surface area contributed by atoms with Crippen molar-refractivity contribution in [2.24, 2.45) is 5.41 Å². The van der Waals surface area contributed by atoms with E-state index >= 15 is 0 Å². The van der Waals surface area contributed by atoms with E-state index in [-0.39, 0.29) is 11.8 Å². The van der Waals surface area contributed by atoms with E-state index in [2.05, 4.69) is 26.1 Å². The van der Waals surface area contributed by atoms with Gasteiger partial charge in [-0.2, -0.15) is 0 Å². The van der Waals surface area contributed by atoms with Gasteiger partial charge in [-0.15, -0.1) is 0 Å². The molecule has 0 saturated heterocycles. The summed E-state index contributed by atoms with van der Waals surface area (Å²) < 4.78 is 0. The normalized spacial score (nSPS) is 16.3. The van der Waals surface area contributed by atoms with Crippen molar-refractivity contribution in [3.05, 3.63) is 12.2 Å². The van der Waals surface area contributed by atoms with Crippen LogP contribution in [0.2, 0.25) is 0 Å². The number of nitrogens with zero attached hydrogens (tertiary/aromatic N) is 1. The Kier molecular flexibility index (Phi) is 4.24. The third kappa shape index (κ3) is 4.14. The minimum Gasteiger partial charge on any atom is -0.315 e. The van der Waals surface area contributed by atoms with Crippen molar-refractivity contribution in [3.63, 3.8) is 0 Å². The van der Waals surface area contributed by atoms with Gasteiger partial charge >= 0.3 is 0 Å². The summed E-state index contributed by atoms with van der Waals surface area (Å²) in [4.78, 5) is 23.7. The van der Waals surface area contributed by atoms with Crippen molar-refractivity contribution < 1.29 is 9.59 Å². The summed E-state index contributed by atoms with van der Waals surface area (Å²) in [6, 6.07) is 0. The molecule has 0 bridgehead atoms. The molecule has 0 atom stereocenters. The van der Waals surface area contributed by atoms with E-state index in [4.69, 9.17) is 0 Å². The Morgan fingerprint density at radius 2 is 1.69 bits per heavy atom. The van der Waals surface area contributed by atoms with E-state index in [1.165, 1.54) is 17.1 Å². The lowest BCUT2D eigenvalue weighted by molar-refractivity contribution is -0.136. The van der Waals surface area contributed by atoms with Gasteiger partial charge in [0.15, 0.2) is 0 Å². The van der Waals surface area contributed by atoms with E-state index in [0.29, 0.717) is 18.5 Å². The van der Waals surface area contributed by atoms with Gasteiger partial charge in [0.2, 0.25) is 0 Å². The smallest absolute Gasteiger partial charge is 0.253 e. The number of hydrogen-bond donors (Lipinski definition) is 1. The number of imide groups is 1. The Hall–Kier alpha value is -1.16. The molecule has 0 spiro atoms. The topological polar surface area (TPSA) is 49.4 Å². The van der Waals surface area contributed by atoms with Crippen molar-refractivity contribution >= 4 is 11.8 Å². The van der Waals surface area contributed by atoms with Crippen molar-refractivity contribution in [3.8, 4) is 0 Å². The van der Waals surface area contributed by atoms with Crippen LogP contribution in [0.5, 0.6) is 0 Å². The molecule has 0 aliphatic carbocycles. The summed E-state index contributed by atoms with van der Waals surface area (Å²) in [7, 11) is 0. The number of amides is 2. The van der Waals surface area contributed by atoms with Crippen molar-refractivity contribution in [2.45, 2.75) is 27.2 Å². The molecule has 0 fully saturated rings. The summed E-state index contributed by atoms with van der Waals surface area (Å²) >= 11 is 0. The summed E-state index contributed by atoms with van der Waals surface area (Å²) in [6.07, 6.45) is 3.71. The lowest BCUT2D eigenvalue weighted by Crippen LogP contribution is -2.37. The Labute approximate surface area is 96.7 Å². The predicted octanol–water partition coefficient (Wildman–Crippen LogP) is 0.937. The molecular weight excluding hydrogens is 204 g/mol. The first-order valence-corrected chi connectivity index (χ1v) is 5.64. The first kappa shape index (κ1) is 12.9. The fraction of sp³-hybridized carbons (Fsp3) is 0.667. The van der Waals surface area contributed by atoms with Gasteiger partial charge in [-0.1, -0.05) is 20.8 Å². The van der Waals surface area contributed by atoms with E-state index in [9.17, 15) is 9.59 Å². The maximum atomic E-state index is 11.2. The van der Waals surface area contributed by atoms with E-state index in [1.807, 2.05) is 0 Å². The first-order valence-electron chi connectivity index (χ1n) is 5.64. The number of hydrogen-bond acceptors (Lipinski definition) is 3. The third-order valence-corrected chi connectivity index (χ3v) is 2.46. The highest BCUT2D eigenvalue weighted by molar-refractivity contribution is 6.12. The molecule has 0 saturated carbocycles. The highest BCUT2D eigenvalue weighted by Crippen LogP contribution is 2.16. The molecule has 4 heteroatoms. The van der Waals surface area contributed by atoms with Crippen LogP contribution in [0.15, 0.2) is 12.2 Å². The van der Waals surface area contributed by atoms with Crippen molar-refractivity contribution in [1.29, 1.82) is 0 Å². The van der Waals surface area contributed by atoms with Crippen molar-refractivity contribution in [2.75, 3.05) is 19.6 Å². The minimum absolute atomic E-state index is 0.206. The van der Waals surface area contributed by atoms with Crippen LogP contribution in [0.3, 0.4) is 0 Å². The molecule has 1 N–H and O–H groups in total. The van der Waals surface area contributed by atoms with Gasteiger partial charge in [-0.3, -0.25) is 14.5 Å². The second-order valence-electron chi connectivity index (χ2n) is 5.22. The largest absolute Gasteiger partial charge is 0.315 e. The van der Waals surface area contributed by atoms with Gasteiger partial charge < -0.3 is 5.32 Å². The van der Waals surface area contributed by atoms with Crippen LogP contribution in [-0.2, 0) is 9.59 Å². The lowest BCUT2D eigenvalue weighted by Gasteiger charge is -2.19. The fourth-order valence-corrected chi connectivity index (χ4v) is 1.43. The molecule has 4 nitrogen and oxygen atoms in total. The second-order valence-corrected chi connectivity index (χ2v) is 5.22. The van der Waals surface area contributed by atoms with E-state index in [0.717, 1.165) is 13.0 Å². The number of carbonyl (C=O) groups is 2. The standard InChI is InChI=1S/C12H20N2O2/c1-12(2,3)6-7-13-8-9-14-10(15)4-5-11(14)16/h4-5,13H,6-9H2,1-3H3. The first-order chi connectivity index (χ1) is 7.40. The highest BCUT2D eigenvalue weighted by Gasteiger charge is 2.22. The van der Waals surface area contributed by atoms with Crippen LogP contribution in [0, 0.1) is 5.41 Å². The minimum atomic E-state index is -0.206. The molecule has 0 aromatic heterocycles. The molecule has 0 unspecified atom stereocenters. The van der Waals surface area contributed by atoms with Crippen LogP contribution >= 0.6 is 0 Å². The van der Waals surface area contributed by atoms with E-state index in [1.54, 1.807) is 0 Å². The average molecular weight is 224 g/mol. The van der Waals surface area contributed by atoms with Crippen LogP contribution in [0.25, 0.3) is 0 Å². The van der Waals surface area contributed by atoms with Crippen LogP contribution in [0.4, 0.5) is 0 Å². The van der Waals surface area contributed by atoms with Gasteiger partial charge in [-0.25, -0.2) is 0 Å². The number of nitrogens with one attached hydrogen (secondary N) is 1. The molecule has 1 aliphatic heterocycles. The SMILES string of the molecule is CC(C)(C)CCNCCN1C(=O)C=CC1=O. The maximum absolute atomic E-state index is 11.2. The third-order valence-electron chi connectivity index (χ3n) is 2.46. The molecule has 0 radical (unpaired) electrons. The highest BCUT2D eigenvalue weighted by atomic mass is 16.2. The van der Waals surface area contributed by atoms with Gasteiger partial charge in [0.1, 0.15) is 0 Å². The molecule has 1 aliphatic rings. The Morgan fingerprint density at radius 3 is 2.19 bits per heavy atom. The predicted molar refractivity (Wildman–Crippen MR) is 62.8 cm³/mol.